The average molecular weight is 366 g/mol. The Kier molecular flexibility index (Phi) is 7.31. The quantitative estimate of drug-likeness (QED) is 0.761. The van der Waals surface area contributed by atoms with Crippen molar-refractivity contribution in [2.24, 2.45) is 0 Å². The van der Waals surface area contributed by atoms with Crippen molar-refractivity contribution in [2.45, 2.75) is 12.7 Å². The number of terminal acetylenes is 1. The maximum atomic E-state index is 12.5. The molecule has 0 spiro atoms. The summed E-state index contributed by atoms with van der Waals surface area (Å²) in [6, 6.07) is 14.5. The second kappa shape index (κ2) is 9.69. The number of nitrogens with one attached hydrogen (secondary N) is 1. The Labute approximate surface area is 159 Å². The molecule has 0 aliphatic heterocycles. The Morgan fingerprint density at radius 2 is 1.92 bits per heavy atom. The Hall–Kier alpha value is -2.71. The number of hydrogen-bond acceptors (Lipinski definition) is 3. The fraction of sp³-hybridized carbons (Fsp3) is 0.238. The van der Waals surface area contributed by atoms with Crippen LogP contribution in [-0.4, -0.2) is 36.1 Å². The number of benzene rings is 2. The van der Waals surface area contributed by atoms with E-state index in [9.17, 15) is 9.59 Å². The van der Waals surface area contributed by atoms with E-state index in [1.54, 1.807) is 43.4 Å². The molecule has 26 heavy (non-hydrogen) atoms. The highest BCUT2D eigenvalue weighted by Crippen LogP contribution is 2.14. The van der Waals surface area contributed by atoms with E-state index in [4.69, 9.17) is 6.42 Å². The van der Waals surface area contributed by atoms with Crippen LogP contribution in [0.15, 0.2) is 48.5 Å². The second-order valence-electron chi connectivity index (χ2n) is 5.77. The first-order valence-corrected chi connectivity index (χ1v) is 9.47. The molecular formula is C21H22N2O2S. The maximum absolute atomic E-state index is 12.5. The normalized spacial score (nSPS) is 10.0. The van der Waals surface area contributed by atoms with Gasteiger partial charge in [0.05, 0.1) is 6.54 Å². The number of carbonyl (C=O) groups is 2. The summed E-state index contributed by atoms with van der Waals surface area (Å²) in [5.74, 6) is 4.05. The summed E-state index contributed by atoms with van der Waals surface area (Å²) in [6.45, 7) is 2.08. The lowest BCUT2D eigenvalue weighted by molar-refractivity contribution is -0.116. The van der Waals surface area contributed by atoms with Crippen LogP contribution in [0.3, 0.4) is 0 Å². The first kappa shape index (κ1) is 19.6. The third-order valence-corrected chi connectivity index (χ3v) is 4.66. The van der Waals surface area contributed by atoms with E-state index in [1.165, 1.54) is 10.5 Å². The van der Waals surface area contributed by atoms with Gasteiger partial charge < -0.3 is 10.2 Å². The molecule has 2 rings (SSSR count). The molecule has 1 N–H and O–H groups in total. The van der Waals surface area contributed by atoms with Crippen LogP contribution in [0.2, 0.25) is 0 Å². The molecule has 5 heteroatoms. The molecule has 0 aliphatic carbocycles. The lowest BCUT2D eigenvalue weighted by atomic mass is 10.1. The van der Waals surface area contributed by atoms with E-state index in [2.05, 4.69) is 18.2 Å². The molecule has 2 aromatic carbocycles. The number of hydrogen-bond donors (Lipinski definition) is 1. The zero-order valence-corrected chi connectivity index (χ0v) is 15.8. The number of rotatable bonds is 7. The lowest BCUT2D eigenvalue weighted by Gasteiger charge is -2.17. The molecule has 2 amide bonds. The Morgan fingerprint density at radius 1 is 1.19 bits per heavy atom. The third-order valence-electron chi connectivity index (χ3n) is 3.71. The molecule has 0 unspecified atom stereocenters. The molecule has 4 nitrogen and oxygen atoms in total. The number of carbonyl (C=O) groups excluding carboxylic acids is 2. The molecule has 0 fully saturated rings. The van der Waals surface area contributed by atoms with Crippen LogP contribution < -0.4 is 5.32 Å². The Morgan fingerprint density at radius 3 is 2.58 bits per heavy atom. The van der Waals surface area contributed by atoms with Crippen molar-refractivity contribution in [2.75, 3.05) is 24.7 Å². The minimum Gasteiger partial charge on any atom is -0.332 e. The average Bonchev–Trinajstić information content (AvgIpc) is 2.66. The number of amides is 2. The van der Waals surface area contributed by atoms with Crippen molar-refractivity contribution in [3.63, 3.8) is 0 Å². The largest absolute Gasteiger partial charge is 0.332 e. The number of thioether (sulfide) groups is 1. The second-order valence-corrected chi connectivity index (χ2v) is 7.04. The van der Waals surface area contributed by atoms with Gasteiger partial charge >= 0.3 is 0 Å². The minimum absolute atomic E-state index is 0.0352. The van der Waals surface area contributed by atoms with Crippen molar-refractivity contribution in [1.82, 2.24) is 4.90 Å². The van der Waals surface area contributed by atoms with Crippen LogP contribution in [0.25, 0.3) is 0 Å². The van der Waals surface area contributed by atoms with Crippen LogP contribution in [-0.2, 0) is 10.5 Å². The molecule has 0 radical (unpaired) electrons. The van der Waals surface area contributed by atoms with Crippen LogP contribution in [0.1, 0.15) is 28.4 Å². The van der Waals surface area contributed by atoms with Crippen molar-refractivity contribution >= 4 is 29.3 Å². The fourth-order valence-corrected chi connectivity index (χ4v) is 2.99. The monoisotopic (exact) mass is 366 g/mol. The summed E-state index contributed by atoms with van der Waals surface area (Å²) >= 11 is 1.83. The van der Waals surface area contributed by atoms with Gasteiger partial charge in [-0.3, -0.25) is 9.59 Å². The van der Waals surface area contributed by atoms with E-state index in [1.807, 2.05) is 23.9 Å². The Balaban J connectivity index is 1.93. The van der Waals surface area contributed by atoms with Gasteiger partial charge in [-0.15, -0.1) is 6.42 Å². The van der Waals surface area contributed by atoms with Gasteiger partial charge in [0.1, 0.15) is 0 Å². The Bertz CT molecular complexity index is 810. The molecule has 2 aromatic rings. The number of nitrogens with zero attached hydrogens (tertiary/aromatic N) is 1. The van der Waals surface area contributed by atoms with E-state index < -0.39 is 0 Å². The van der Waals surface area contributed by atoms with Crippen LogP contribution >= 0.6 is 11.8 Å². The van der Waals surface area contributed by atoms with Crippen LogP contribution in [0.5, 0.6) is 0 Å². The molecule has 0 aromatic heterocycles. The van der Waals surface area contributed by atoms with Gasteiger partial charge in [-0.1, -0.05) is 31.0 Å². The van der Waals surface area contributed by atoms with E-state index >= 15 is 0 Å². The molecule has 0 atom stereocenters. The highest BCUT2D eigenvalue weighted by Gasteiger charge is 2.15. The molecular weight excluding hydrogens is 344 g/mol. The van der Waals surface area contributed by atoms with Gasteiger partial charge in [0.25, 0.3) is 5.91 Å². The van der Waals surface area contributed by atoms with Crippen molar-refractivity contribution in [3.8, 4) is 12.3 Å². The maximum Gasteiger partial charge on any atom is 0.254 e. The van der Waals surface area contributed by atoms with Crippen molar-refractivity contribution < 1.29 is 9.59 Å². The molecule has 0 saturated carbocycles. The minimum atomic E-state index is -0.272. The van der Waals surface area contributed by atoms with Gasteiger partial charge in [-0.05, 0) is 41.6 Å². The third kappa shape index (κ3) is 5.68. The highest BCUT2D eigenvalue weighted by molar-refractivity contribution is 7.98. The number of likely N-dealkylation sites (N-methyl/N-ethyl adjacent to an activating group) is 1. The topological polar surface area (TPSA) is 49.4 Å². The summed E-state index contributed by atoms with van der Waals surface area (Å²) < 4.78 is 0. The number of anilines is 1. The lowest BCUT2D eigenvalue weighted by Crippen LogP contribution is -2.34. The molecule has 0 bridgehead atoms. The van der Waals surface area contributed by atoms with Gasteiger partial charge in [0.15, 0.2) is 0 Å². The first-order chi connectivity index (χ1) is 12.5. The smallest absolute Gasteiger partial charge is 0.254 e. The summed E-state index contributed by atoms with van der Waals surface area (Å²) in [4.78, 5) is 26.0. The van der Waals surface area contributed by atoms with Crippen LogP contribution in [0, 0.1) is 12.3 Å². The molecule has 0 saturated heterocycles. The van der Waals surface area contributed by atoms with E-state index in [0.29, 0.717) is 16.8 Å². The van der Waals surface area contributed by atoms with E-state index in [0.717, 1.165) is 11.5 Å². The highest BCUT2D eigenvalue weighted by atomic mass is 32.2. The van der Waals surface area contributed by atoms with Gasteiger partial charge in [0, 0.05) is 29.6 Å². The predicted octanol–water partition coefficient (Wildman–Crippen LogP) is 3.63. The summed E-state index contributed by atoms with van der Waals surface area (Å²) in [5.41, 5.74) is 3.06. The molecule has 134 valence electrons. The standard InChI is InChI=1S/C21H22N2O2S/c1-4-16-7-6-8-19(13-16)22-20(24)14-23(3)21(25)18-11-9-17(10-12-18)15-26-5-2/h1,6-13H,5,14-15H2,2-3H3,(H,22,24). The van der Waals surface area contributed by atoms with Gasteiger partial charge in [-0.25, -0.2) is 0 Å². The fourth-order valence-electron chi connectivity index (χ4n) is 2.36. The SMILES string of the molecule is C#Cc1cccc(NC(=O)CN(C)C(=O)c2ccc(CSCC)cc2)c1. The predicted molar refractivity (Wildman–Crippen MR) is 108 cm³/mol. The zero-order valence-electron chi connectivity index (χ0n) is 15.0. The summed E-state index contributed by atoms with van der Waals surface area (Å²) in [6.07, 6.45) is 5.35. The molecule has 0 aliphatic rings. The van der Waals surface area contributed by atoms with E-state index in [-0.39, 0.29) is 18.4 Å². The zero-order chi connectivity index (χ0) is 18.9. The summed E-state index contributed by atoms with van der Waals surface area (Å²) in [7, 11) is 1.61. The van der Waals surface area contributed by atoms with Crippen molar-refractivity contribution in [3.05, 3.63) is 65.2 Å². The van der Waals surface area contributed by atoms with Gasteiger partial charge in [-0.2, -0.15) is 11.8 Å². The summed E-state index contributed by atoms with van der Waals surface area (Å²) in [5, 5.41) is 2.76. The molecule has 0 heterocycles. The van der Waals surface area contributed by atoms with Crippen molar-refractivity contribution in [1.29, 1.82) is 0 Å². The van der Waals surface area contributed by atoms with Crippen LogP contribution in [0.4, 0.5) is 5.69 Å². The van der Waals surface area contributed by atoms with Gasteiger partial charge in [0.2, 0.25) is 5.91 Å². The first-order valence-electron chi connectivity index (χ1n) is 8.32.